The van der Waals surface area contributed by atoms with Gasteiger partial charge in [-0.15, -0.1) is 11.3 Å². The zero-order valence-corrected chi connectivity index (χ0v) is 12.8. The smallest absolute Gasteiger partial charge is 0.135 e. The summed E-state index contributed by atoms with van der Waals surface area (Å²) in [7, 11) is 0. The topological polar surface area (TPSA) is 60.5 Å². The average Bonchev–Trinajstić information content (AvgIpc) is 2.95. The molecule has 3 nitrogen and oxygen atoms in total. The van der Waals surface area contributed by atoms with Crippen molar-refractivity contribution in [3.05, 3.63) is 63.6 Å². The lowest BCUT2D eigenvalue weighted by Gasteiger charge is -1.96. The van der Waals surface area contributed by atoms with Gasteiger partial charge in [0.2, 0.25) is 0 Å². The highest BCUT2D eigenvalue weighted by atomic mass is 35.5. The summed E-state index contributed by atoms with van der Waals surface area (Å²) in [5.41, 5.74) is 2.60. The van der Waals surface area contributed by atoms with E-state index in [1.807, 2.05) is 12.1 Å². The van der Waals surface area contributed by atoms with Gasteiger partial charge in [0, 0.05) is 5.02 Å². The summed E-state index contributed by atoms with van der Waals surface area (Å²) in [5, 5.41) is 19.6. The van der Waals surface area contributed by atoms with E-state index in [-0.39, 0.29) is 0 Å². The molecular formula is C17H8ClN3S. The van der Waals surface area contributed by atoms with Gasteiger partial charge in [0.25, 0.3) is 0 Å². The molecule has 1 aromatic heterocycles. The number of nitrogens with zero attached hydrogens (tertiary/aromatic N) is 3. The Morgan fingerprint density at radius 1 is 1.18 bits per heavy atom. The molecule has 0 aliphatic heterocycles. The van der Waals surface area contributed by atoms with E-state index < -0.39 is 0 Å². The molecular weight excluding hydrogens is 314 g/mol. The normalized spacial score (nSPS) is 11.1. The molecule has 0 atom stereocenters. The van der Waals surface area contributed by atoms with Gasteiger partial charge in [0.1, 0.15) is 11.1 Å². The number of allylic oxidation sites excluding steroid dienone is 1. The number of hydrogen-bond donors (Lipinski definition) is 0. The first-order chi connectivity index (χ1) is 10.7. The minimum Gasteiger partial charge on any atom is -0.235 e. The van der Waals surface area contributed by atoms with Crippen LogP contribution in [0.3, 0.4) is 0 Å². The average molecular weight is 322 g/mol. The van der Waals surface area contributed by atoms with Gasteiger partial charge in [-0.3, -0.25) is 0 Å². The quantitative estimate of drug-likeness (QED) is 0.631. The summed E-state index contributed by atoms with van der Waals surface area (Å²) in [4.78, 5) is 4.46. The molecule has 2 aromatic carbocycles. The maximum atomic E-state index is 9.40. The molecule has 0 amide bonds. The lowest BCUT2D eigenvalue weighted by atomic mass is 10.1. The van der Waals surface area contributed by atoms with Crippen molar-refractivity contribution in [2.24, 2.45) is 0 Å². The minimum absolute atomic E-state index is 0.465. The first-order valence-corrected chi connectivity index (χ1v) is 7.57. The van der Waals surface area contributed by atoms with E-state index in [0.29, 0.717) is 21.2 Å². The number of fused-ring (bicyclic) bond motifs is 1. The minimum atomic E-state index is 0.465. The predicted octanol–water partition coefficient (Wildman–Crippen LogP) is 4.89. The maximum Gasteiger partial charge on any atom is 0.135 e. The van der Waals surface area contributed by atoms with Crippen molar-refractivity contribution in [1.82, 2.24) is 4.98 Å². The van der Waals surface area contributed by atoms with Crippen molar-refractivity contribution in [2.45, 2.75) is 0 Å². The lowest BCUT2D eigenvalue weighted by Crippen LogP contribution is -1.82. The summed E-state index contributed by atoms with van der Waals surface area (Å²) in [5.74, 6) is 0. The van der Waals surface area contributed by atoms with E-state index >= 15 is 0 Å². The molecule has 1 heterocycles. The van der Waals surface area contributed by atoms with Crippen molar-refractivity contribution in [3.63, 3.8) is 0 Å². The van der Waals surface area contributed by atoms with Crippen LogP contribution in [0.5, 0.6) is 0 Å². The Morgan fingerprint density at radius 2 is 2.05 bits per heavy atom. The second-order valence-electron chi connectivity index (χ2n) is 4.54. The summed E-state index contributed by atoms with van der Waals surface area (Å²) in [6.45, 7) is 0. The van der Waals surface area contributed by atoms with Gasteiger partial charge >= 0.3 is 0 Å². The fourth-order valence-corrected chi connectivity index (χ4v) is 3.10. The third-order valence-corrected chi connectivity index (χ3v) is 4.33. The van der Waals surface area contributed by atoms with Crippen LogP contribution in [0.15, 0.2) is 42.5 Å². The zero-order chi connectivity index (χ0) is 15.5. The molecule has 0 radical (unpaired) electrons. The molecule has 0 fully saturated rings. The SMILES string of the molecule is N#CC(=Cc1cccc(C#N)c1)c1nc2cc(Cl)ccc2s1. The van der Waals surface area contributed by atoms with Crippen LogP contribution in [-0.4, -0.2) is 4.98 Å². The van der Waals surface area contributed by atoms with Gasteiger partial charge in [-0.2, -0.15) is 10.5 Å². The third kappa shape index (κ3) is 2.84. The molecule has 0 saturated carbocycles. The molecule has 0 N–H and O–H groups in total. The monoisotopic (exact) mass is 321 g/mol. The van der Waals surface area contributed by atoms with Crippen molar-refractivity contribution in [3.8, 4) is 12.1 Å². The highest BCUT2D eigenvalue weighted by Crippen LogP contribution is 2.29. The van der Waals surface area contributed by atoms with Crippen molar-refractivity contribution >= 4 is 44.8 Å². The van der Waals surface area contributed by atoms with Gasteiger partial charge in [0.15, 0.2) is 0 Å². The number of rotatable bonds is 2. The molecule has 0 bridgehead atoms. The van der Waals surface area contributed by atoms with Crippen molar-refractivity contribution in [1.29, 1.82) is 10.5 Å². The maximum absolute atomic E-state index is 9.40. The van der Waals surface area contributed by atoms with Crippen LogP contribution in [-0.2, 0) is 0 Å². The van der Waals surface area contributed by atoms with Crippen LogP contribution >= 0.6 is 22.9 Å². The Hall–Kier alpha value is -2.66. The number of aromatic nitrogens is 1. The number of hydrogen-bond acceptors (Lipinski definition) is 4. The summed E-state index contributed by atoms with van der Waals surface area (Å²) < 4.78 is 0.978. The summed E-state index contributed by atoms with van der Waals surface area (Å²) >= 11 is 7.40. The standard InChI is InChI=1S/C17H8ClN3S/c18-14-4-5-16-15(8-14)21-17(22-16)13(10-20)7-11-2-1-3-12(6-11)9-19/h1-8H. The van der Waals surface area contributed by atoms with Gasteiger partial charge in [-0.25, -0.2) is 4.98 Å². The van der Waals surface area contributed by atoms with Crippen molar-refractivity contribution in [2.75, 3.05) is 0 Å². The molecule has 22 heavy (non-hydrogen) atoms. The molecule has 0 aliphatic rings. The van der Waals surface area contributed by atoms with E-state index in [9.17, 15) is 5.26 Å². The first-order valence-electron chi connectivity index (χ1n) is 6.38. The molecule has 0 unspecified atom stereocenters. The molecule has 3 aromatic rings. The Labute approximate surface area is 136 Å². The van der Waals surface area contributed by atoms with Crippen LogP contribution in [0.2, 0.25) is 5.02 Å². The summed E-state index contributed by atoms with van der Waals surface area (Å²) in [6, 6.07) is 16.8. The fraction of sp³-hybridized carbons (Fsp3) is 0. The highest BCUT2D eigenvalue weighted by molar-refractivity contribution is 7.19. The highest BCUT2D eigenvalue weighted by Gasteiger charge is 2.09. The first kappa shape index (κ1) is 14.3. The fourth-order valence-electron chi connectivity index (χ4n) is 2.02. The Kier molecular flexibility index (Phi) is 3.89. The molecule has 5 heteroatoms. The van der Waals surface area contributed by atoms with Gasteiger partial charge in [-0.05, 0) is 42.0 Å². The number of thiazole rings is 1. The van der Waals surface area contributed by atoms with E-state index in [1.54, 1.807) is 36.4 Å². The van der Waals surface area contributed by atoms with Crippen LogP contribution in [0, 0.1) is 22.7 Å². The Balaban J connectivity index is 2.07. The lowest BCUT2D eigenvalue weighted by molar-refractivity contribution is 1.43. The zero-order valence-electron chi connectivity index (χ0n) is 11.2. The van der Waals surface area contributed by atoms with Crippen LogP contribution in [0.25, 0.3) is 21.9 Å². The number of halogens is 1. The van der Waals surface area contributed by atoms with Crippen LogP contribution in [0.4, 0.5) is 0 Å². The van der Waals surface area contributed by atoms with Crippen molar-refractivity contribution < 1.29 is 0 Å². The predicted molar refractivity (Wildman–Crippen MR) is 89.3 cm³/mol. The summed E-state index contributed by atoms with van der Waals surface area (Å²) in [6.07, 6.45) is 1.74. The van der Waals surface area contributed by atoms with E-state index in [1.165, 1.54) is 11.3 Å². The molecule has 3 rings (SSSR count). The molecule has 0 aliphatic carbocycles. The largest absolute Gasteiger partial charge is 0.235 e. The van der Waals surface area contributed by atoms with Gasteiger partial charge in [-0.1, -0.05) is 23.7 Å². The molecule has 0 spiro atoms. The van der Waals surface area contributed by atoms with Gasteiger partial charge in [0.05, 0.1) is 27.4 Å². The second kappa shape index (κ2) is 5.99. The van der Waals surface area contributed by atoms with Gasteiger partial charge < -0.3 is 0 Å². The number of nitriles is 2. The van der Waals surface area contributed by atoms with Crippen LogP contribution in [0.1, 0.15) is 16.1 Å². The molecule has 104 valence electrons. The van der Waals surface area contributed by atoms with E-state index in [2.05, 4.69) is 17.1 Å². The number of benzene rings is 2. The Bertz CT molecular complexity index is 973. The van der Waals surface area contributed by atoms with E-state index in [4.69, 9.17) is 16.9 Å². The molecule has 0 saturated heterocycles. The van der Waals surface area contributed by atoms with Crippen LogP contribution < -0.4 is 0 Å². The van der Waals surface area contributed by atoms with E-state index in [0.717, 1.165) is 15.8 Å². The Morgan fingerprint density at radius 3 is 2.82 bits per heavy atom. The second-order valence-corrected chi connectivity index (χ2v) is 6.01. The third-order valence-electron chi connectivity index (χ3n) is 3.03.